The van der Waals surface area contributed by atoms with Crippen LogP contribution in [0.4, 0.5) is 0 Å². The molecule has 1 saturated carbocycles. The molecule has 1 aromatic heterocycles. The molecule has 1 aliphatic carbocycles. The molecule has 28 heavy (non-hydrogen) atoms. The first-order chi connectivity index (χ1) is 13.6. The standard InChI is InChI=1S/C23H30N2O3/c1-3-7-22(26)25(20-11-12-20)17-23(27)24(16-21-13-10-18(2)28-21)15-14-19-8-5-4-6-9-19/h4-6,8-10,13,20H,3,7,11-12,14-17H2,1-2H3. The second-order valence-electron chi connectivity index (χ2n) is 7.57. The molecule has 1 aliphatic rings. The summed E-state index contributed by atoms with van der Waals surface area (Å²) in [5.74, 6) is 1.69. The molecule has 0 aliphatic heterocycles. The Labute approximate surface area is 167 Å². The highest BCUT2D eigenvalue weighted by Gasteiger charge is 2.34. The Morgan fingerprint density at radius 2 is 1.82 bits per heavy atom. The molecule has 0 N–H and O–H groups in total. The zero-order valence-corrected chi connectivity index (χ0v) is 16.9. The van der Waals surface area contributed by atoms with Crippen LogP contribution in [0.2, 0.25) is 0 Å². The van der Waals surface area contributed by atoms with Gasteiger partial charge in [0.2, 0.25) is 11.8 Å². The first-order valence-corrected chi connectivity index (χ1v) is 10.2. The molecule has 3 rings (SSSR count). The van der Waals surface area contributed by atoms with E-state index in [4.69, 9.17) is 4.42 Å². The summed E-state index contributed by atoms with van der Waals surface area (Å²) in [6.07, 6.45) is 4.09. The van der Waals surface area contributed by atoms with Crippen molar-refractivity contribution in [1.82, 2.24) is 9.80 Å². The third-order valence-electron chi connectivity index (χ3n) is 5.09. The summed E-state index contributed by atoms with van der Waals surface area (Å²) in [5.41, 5.74) is 1.19. The maximum Gasteiger partial charge on any atom is 0.242 e. The number of nitrogens with zero attached hydrogens (tertiary/aromatic N) is 2. The highest BCUT2D eigenvalue weighted by Crippen LogP contribution is 2.27. The first-order valence-electron chi connectivity index (χ1n) is 10.2. The second-order valence-corrected chi connectivity index (χ2v) is 7.57. The van der Waals surface area contributed by atoms with Crippen LogP contribution in [0.25, 0.3) is 0 Å². The quantitative estimate of drug-likeness (QED) is 0.625. The third kappa shape index (κ3) is 5.72. The summed E-state index contributed by atoms with van der Waals surface area (Å²) < 4.78 is 5.69. The second kappa shape index (κ2) is 9.58. The van der Waals surface area contributed by atoms with E-state index < -0.39 is 0 Å². The van der Waals surface area contributed by atoms with Crippen LogP contribution in [0, 0.1) is 6.92 Å². The van der Waals surface area contributed by atoms with Crippen LogP contribution in [-0.4, -0.2) is 40.7 Å². The fourth-order valence-electron chi connectivity index (χ4n) is 3.37. The van der Waals surface area contributed by atoms with Crippen LogP contribution in [0.3, 0.4) is 0 Å². The van der Waals surface area contributed by atoms with Crippen molar-refractivity contribution in [3.63, 3.8) is 0 Å². The Kier molecular flexibility index (Phi) is 6.90. The summed E-state index contributed by atoms with van der Waals surface area (Å²) in [7, 11) is 0. The van der Waals surface area contributed by atoms with E-state index in [1.807, 2.05) is 49.1 Å². The van der Waals surface area contributed by atoms with Crippen LogP contribution in [0.5, 0.6) is 0 Å². The lowest BCUT2D eigenvalue weighted by Gasteiger charge is -2.27. The van der Waals surface area contributed by atoms with Gasteiger partial charge < -0.3 is 14.2 Å². The van der Waals surface area contributed by atoms with E-state index in [0.29, 0.717) is 19.5 Å². The van der Waals surface area contributed by atoms with Crippen molar-refractivity contribution >= 4 is 11.8 Å². The van der Waals surface area contributed by atoms with Crippen LogP contribution in [0.1, 0.15) is 49.7 Å². The van der Waals surface area contributed by atoms with Gasteiger partial charge in [0.15, 0.2) is 0 Å². The molecule has 0 radical (unpaired) electrons. The Morgan fingerprint density at radius 1 is 1.07 bits per heavy atom. The van der Waals surface area contributed by atoms with Crippen molar-refractivity contribution in [3.8, 4) is 0 Å². The molecular formula is C23H30N2O3. The summed E-state index contributed by atoms with van der Waals surface area (Å²) in [5, 5.41) is 0. The molecule has 1 aromatic carbocycles. The van der Waals surface area contributed by atoms with Crippen LogP contribution >= 0.6 is 0 Å². The smallest absolute Gasteiger partial charge is 0.242 e. The van der Waals surface area contributed by atoms with E-state index in [9.17, 15) is 9.59 Å². The van der Waals surface area contributed by atoms with E-state index in [1.165, 1.54) is 5.56 Å². The summed E-state index contributed by atoms with van der Waals surface area (Å²) in [6.45, 7) is 5.09. The van der Waals surface area contributed by atoms with Gasteiger partial charge in [-0.2, -0.15) is 0 Å². The monoisotopic (exact) mass is 382 g/mol. The Bertz CT molecular complexity index is 780. The first kappa shape index (κ1) is 20.2. The molecule has 0 unspecified atom stereocenters. The van der Waals surface area contributed by atoms with Crippen LogP contribution in [0.15, 0.2) is 46.9 Å². The predicted octanol–water partition coefficient (Wildman–Crippen LogP) is 3.95. The topological polar surface area (TPSA) is 53.8 Å². The highest BCUT2D eigenvalue weighted by atomic mass is 16.3. The Morgan fingerprint density at radius 3 is 2.43 bits per heavy atom. The minimum atomic E-state index is -0.0127. The molecule has 5 nitrogen and oxygen atoms in total. The van der Waals surface area contributed by atoms with Crippen molar-refractivity contribution < 1.29 is 14.0 Å². The lowest BCUT2D eigenvalue weighted by molar-refractivity contribution is -0.141. The average molecular weight is 383 g/mol. The molecule has 150 valence electrons. The molecule has 1 heterocycles. The van der Waals surface area contributed by atoms with Gasteiger partial charge in [-0.05, 0) is 50.3 Å². The van der Waals surface area contributed by atoms with Crippen molar-refractivity contribution in [3.05, 3.63) is 59.5 Å². The van der Waals surface area contributed by atoms with Gasteiger partial charge in [-0.1, -0.05) is 37.3 Å². The number of carbonyl (C=O) groups excluding carboxylic acids is 2. The predicted molar refractivity (Wildman–Crippen MR) is 109 cm³/mol. The minimum absolute atomic E-state index is 0.0127. The molecule has 2 amide bonds. The molecule has 5 heteroatoms. The maximum absolute atomic E-state index is 13.1. The molecule has 1 fully saturated rings. The van der Waals surface area contributed by atoms with Crippen molar-refractivity contribution in [2.24, 2.45) is 0 Å². The van der Waals surface area contributed by atoms with Crippen molar-refractivity contribution in [2.75, 3.05) is 13.1 Å². The summed E-state index contributed by atoms with van der Waals surface area (Å²) in [6, 6.07) is 14.2. The van der Waals surface area contributed by atoms with Crippen LogP contribution in [-0.2, 0) is 22.6 Å². The average Bonchev–Trinajstić information content (AvgIpc) is 3.45. The number of amides is 2. The van der Waals surface area contributed by atoms with Crippen molar-refractivity contribution in [1.29, 1.82) is 0 Å². The van der Waals surface area contributed by atoms with E-state index >= 15 is 0 Å². The largest absolute Gasteiger partial charge is 0.464 e. The zero-order valence-electron chi connectivity index (χ0n) is 16.9. The van der Waals surface area contributed by atoms with Gasteiger partial charge in [0.05, 0.1) is 6.54 Å². The third-order valence-corrected chi connectivity index (χ3v) is 5.09. The van der Waals surface area contributed by atoms with Gasteiger partial charge in [0.25, 0.3) is 0 Å². The van der Waals surface area contributed by atoms with Gasteiger partial charge in [0.1, 0.15) is 18.1 Å². The van der Waals surface area contributed by atoms with Gasteiger partial charge in [-0.3, -0.25) is 9.59 Å². The van der Waals surface area contributed by atoms with Gasteiger partial charge in [0, 0.05) is 19.0 Å². The van der Waals surface area contributed by atoms with E-state index in [0.717, 1.165) is 37.2 Å². The maximum atomic E-state index is 13.1. The molecule has 0 atom stereocenters. The number of benzene rings is 1. The van der Waals surface area contributed by atoms with Gasteiger partial charge in [-0.15, -0.1) is 0 Å². The van der Waals surface area contributed by atoms with E-state index in [2.05, 4.69) is 12.1 Å². The summed E-state index contributed by atoms with van der Waals surface area (Å²) >= 11 is 0. The zero-order chi connectivity index (χ0) is 19.9. The molecule has 2 aromatic rings. The SMILES string of the molecule is CCCC(=O)N(CC(=O)N(CCc1ccccc1)Cc1ccc(C)o1)C1CC1. The highest BCUT2D eigenvalue weighted by molar-refractivity contribution is 5.85. The van der Waals surface area contributed by atoms with Crippen LogP contribution < -0.4 is 0 Å². The van der Waals surface area contributed by atoms with Crippen molar-refractivity contribution in [2.45, 2.75) is 58.5 Å². The Balaban J connectivity index is 1.68. The number of hydrogen-bond donors (Lipinski definition) is 0. The van der Waals surface area contributed by atoms with Gasteiger partial charge in [-0.25, -0.2) is 0 Å². The number of carbonyl (C=O) groups is 2. The fourth-order valence-corrected chi connectivity index (χ4v) is 3.37. The summed E-state index contributed by atoms with van der Waals surface area (Å²) in [4.78, 5) is 29.2. The lowest BCUT2D eigenvalue weighted by atomic mass is 10.1. The molecule has 0 bridgehead atoms. The number of rotatable bonds is 10. The normalized spacial score (nSPS) is 13.4. The minimum Gasteiger partial charge on any atom is -0.464 e. The van der Waals surface area contributed by atoms with E-state index in [1.54, 1.807) is 4.90 Å². The number of aryl methyl sites for hydroxylation is 1. The fraction of sp³-hybridized carbons (Fsp3) is 0.478. The number of hydrogen-bond acceptors (Lipinski definition) is 3. The number of furan rings is 1. The van der Waals surface area contributed by atoms with Gasteiger partial charge >= 0.3 is 0 Å². The lowest BCUT2D eigenvalue weighted by Crippen LogP contribution is -2.44. The van der Waals surface area contributed by atoms with E-state index in [-0.39, 0.29) is 24.4 Å². The molecular weight excluding hydrogens is 352 g/mol. The Hall–Kier alpha value is -2.56. The molecule has 0 saturated heterocycles. The molecule has 0 spiro atoms.